The SMILES string of the molecule is [C-]#[N+]c1cccc(-c2ccc(-c3ccc4c(c3)C(c3ccccc3)(c3ccccc3)c3ccccc3N4c3ccccc3)cc2)c1-n1c2ccccc2c2ccccc21. The topological polar surface area (TPSA) is 12.5 Å². The zero-order valence-electron chi connectivity index (χ0n) is 32.2. The van der Waals surface area contributed by atoms with E-state index in [0.717, 1.165) is 56.0 Å². The fourth-order valence-corrected chi connectivity index (χ4v) is 9.59. The second-order valence-electron chi connectivity index (χ2n) is 15.1. The average Bonchev–Trinajstić information content (AvgIpc) is 3.65. The molecule has 59 heavy (non-hydrogen) atoms. The molecule has 11 rings (SSSR count). The van der Waals surface area contributed by atoms with E-state index >= 15 is 0 Å². The Labute approximate surface area is 344 Å². The summed E-state index contributed by atoms with van der Waals surface area (Å²) >= 11 is 0. The highest BCUT2D eigenvalue weighted by Crippen LogP contribution is 2.58. The van der Waals surface area contributed by atoms with Gasteiger partial charge >= 0.3 is 0 Å². The number of nitrogens with zero attached hydrogens (tertiary/aromatic N) is 3. The summed E-state index contributed by atoms with van der Waals surface area (Å²) < 4.78 is 2.27. The molecule has 0 radical (unpaired) electrons. The van der Waals surface area contributed by atoms with Crippen molar-refractivity contribution in [3.8, 4) is 27.9 Å². The van der Waals surface area contributed by atoms with Gasteiger partial charge in [0.15, 0.2) is 0 Å². The molecule has 2 heterocycles. The molecule has 1 aliphatic rings. The van der Waals surface area contributed by atoms with Crippen molar-refractivity contribution in [2.45, 2.75) is 5.41 Å². The molecular formula is C56H37N3. The van der Waals surface area contributed by atoms with Crippen molar-refractivity contribution in [2.24, 2.45) is 0 Å². The fraction of sp³-hybridized carbons (Fsp3) is 0.0179. The summed E-state index contributed by atoms with van der Waals surface area (Å²) in [6.07, 6.45) is 0. The number of hydrogen-bond donors (Lipinski definition) is 0. The summed E-state index contributed by atoms with van der Waals surface area (Å²) in [5, 5.41) is 2.35. The van der Waals surface area contributed by atoms with Gasteiger partial charge < -0.3 is 9.47 Å². The molecule has 1 aromatic heterocycles. The van der Waals surface area contributed by atoms with E-state index in [9.17, 15) is 0 Å². The summed E-state index contributed by atoms with van der Waals surface area (Å²) in [6.45, 7) is 8.26. The van der Waals surface area contributed by atoms with Gasteiger partial charge in [0.25, 0.3) is 0 Å². The fourth-order valence-electron chi connectivity index (χ4n) is 9.59. The molecule has 0 atom stereocenters. The number of hydrogen-bond acceptors (Lipinski definition) is 1. The molecule has 0 spiro atoms. The van der Waals surface area contributed by atoms with Gasteiger partial charge in [-0.2, -0.15) is 0 Å². The van der Waals surface area contributed by atoms with Crippen molar-refractivity contribution in [3.05, 3.63) is 258 Å². The smallest absolute Gasteiger partial charge is 0.211 e. The minimum absolute atomic E-state index is 0.590. The van der Waals surface area contributed by atoms with E-state index in [-0.39, 0.29) is 0 Å². The highest BCUT2D eigenvalue weighted by atomic mass is 15.2. The molecule has 3 nitrogen and oxygen atoms in total. The van der Waals surface area contributed by atoms with E-state index in [1.807, 2.05) is 12.1 Å². The predicted octanol–water partition coefficient (Wildman–Crippen LogP) is 14.8. The van der Waals surface area contributed by atoms with Gasteiger partial charge in [0.2, 0.25) is 5.69 Å². The molecule has 0 fully saturated rings. The van der Waals surface area contributed by atoms with Gasteiger partial charge in [-0.15, -0.1) is 0 Å². The molecule has 3 heteroatoms. The Hall–Kier alpha value is -7.93. The largest absolute Gasteiger partial charge is 0.318 e. The van der Waals surface area contributed by atoms with Crippen molar-refractivity contribution >= 4 is 44.6 Å². The van der Waals surface area contributed by atoms with Gasteiger partial charge in [-0.05, 0) is 87.0 Å². The molecule has 0 amide bonds. The van der Waals surface area contributed by atoms with Gasteiger partial charge in [-0.1, -0.05) is 182 Å². The number of anilines is 3. The Morgan fingerprint density at radius 1 is 0.407 bits per heavy atom. The Morgan fingerprint density at radius 2 is 0.932 bits per heavy atom. The van der Waals surface area contributed by atoms with E-state index in [0.29, 0.717) is 5.69 Å². The Balaban J connectivity index is 1.11. The standard InChI is InChI=1S/C56H37N3/c1-57-50-28-17-26-45(55(50)59-51-29-14-11-24-46(51)47-25-12-15-30-52(47)59)40-34-32-39(33-35-40)41-36-37-54-49(38-41)56(42-18-5-2-6-19-42,43-20-7-3-8-21-43)48-27-13-16-31-53(48)58(54)44-22-9-4-10-23-44/h2-38H. The van der Waals surface area contributed by atoms with Crippen LogP contribution in [0, 0.1) is 6.57 Å². The van der Waals surface area contributed by atoms with Crippen LogP contribution in [-0.2, 0) is 5.41 Å². The first-order valence-corrected chi connectivity index (χ1v) is 20.1. The third kappa shape index (κ3) is 5.28. The first-order chi connectivity index (χ1) is 29.3. The van der Waals surface area contributed by atoms with Gasteiger partial charge in [-0.3, -0.25) is 0 Å². The van der Waals surface area contributed by atoms with Crippen molar-refractivity contribution in [3.63, 3.8) is 0 Å². The van der Waals surface area contributed by atoms with E-state index in [1.54, 1.807) is 0 Å². The zero-order valence-corrected chi connectivity index (χ0v) is 32.2. The lowest BCUT2D eigenvalue weighted by atomic mass is 9.62. The number of para-hydroxylation sites is 5. The monoisotopic (exact) mass is 751 g/mol. The highest BCUT2D eigenvalue weighted by Gasteiger charge is 2.46. The molecule has 276 valence electrons. The number of fused-ring (bicyclic) bond motifs is 5. The van der Waals surface area contributed by atoms with Crippen molar-refractivity contribution in [2.75, 3.05) is 4.90 Å². The maximum absolute atomic E-state index is 8.26. The van der Waals surface area contributed by atoms with Gasteiger partial charge in [0.05, 0.1) is 40.1 Å². The molecule has 1 aliphatic heterocycles. The van der Waals surface area contributed by atoms with Crippen LogP contribution in [0.4, 0.5) is 22.7 Å². The van der Waals surface area contributed by atoms with Crippen LogP contribution < -0.4 is 4.90 Å². The second kappa shape index (κ2) is 13.9. The summed E-state index contributed by atoms with van der Waals surface area (Å²) in [7, 11) is 0. The van der Waals surface area contributed by atoms with Crippen LogP contribution in [0.2, 0.25) is 0 Å². The Kier molecular flexibility index (Phi) is 8.10. The first-order valence-electron chi connectivity index (χ1n) is 20.1. The minimum atomic E-state index is -0.590. The summed E-state index contributed by atoms with van der Waals surface area (Å²) in [5.74, 6) is 0. The van der Waals surface area contributed by atoms with Crippen LogP contribution in [0.5, 0.6) is 0 Å². The van der Waals surface area contributed by atoms with Gasteiger partial charge in [0.1, 0.15) is 0 Å². The number of rotatable bonds is 6. The minimum Gasteiger partial charge on any atom is -0.318 e. The normalized spacial score (nSPS) is 12.8. The summed E-state index contributed by atoms with van der Waals surface area (Å²) in [5.41, 5.74) is 15.8. The Bertz CT molecular complexity index is 3120. The van der Waals surface area contributed by atoms with E-state index in [4.69, 9.17) is 6.57 Å². The third-order valence-electron chi connectivity index (χ3n) is 12.1. The van der Waals surface area contributed by atoms with Crippen molar-refractivity contribution < 1.29 is 0 Å². The number of benzene rings is 9. The maximum atomic E-state index is 8.26. The lowest BCUT2D eigenvalue weighted by Gasteiger charge is -2.46. The molecule has 0 N–H and O–H groups in total. The lowest BCUT2D eigenvalue weighted by Crippen LogP contribution is -2.37. The van der Waals surface area contributed by atoms with Crippen LogP contribution in [0.3, 0.4) is 0 Å². The van der Waals surface area contributed by atoms with Crippen LogP contribution >= 0.6 is 0 Å². The lowest BCUT2D eigenvalue weighted by molar-refractivity contribution is 0.731. The summed E-state index contributed by atoms with van der Waals surface area (Å²) in [4.78, 5) is 6.48. The van der Waals surface area contributed by atoms with Crippen molar-refractivity contribution in [1.29, 1.82) is 0 Å². The molecule has 0 saturated carbocycles. The second-order valence-corrected chi connectivity index (χ2v) is 15.1. The van der Waals surface area contributed by atoms with E-state index < -0.39 is 5.41 Å². The summed E-state index contributed by atoms with van der Waals surface area (Å²) in [6, 6.07) is 80.5. The average molecular weight is 752 g/mol. The van der Waals surface area contributed by atoms with Gasteiger partial charge in [-0.25, -0.2) is 4.85 Å². The molecule has 0 bridgehead atoms. The number of aromatic nitrogens is 1. The van der Waals surface area contributed by atoms with Crippen LogP contribution in [0.25, 0.3) is 54.6 Å². The molecule has 10 aromatic rings. The van der Waals surface area contributed by atoms with Crippen LogP contribution in [-0.4, -0.2) is 4.57 Å². The van der Waals surface area contributed by atoms with Crippen molar-refractivity contribution in [1.82, 2.24) is 4.57 Å². The van der Waals surface area contributed by atoms with Crippen LogP contribution in [0.1, 0.15) is 22.3 Å². The molecule has 9 aromatic carbocycles. The van der Waals surface area contributed by atoms with Crippen LogP contribution in [0.15, 0.2) is 224 Å². The third-order valence-corrected chi connectivity index (χ3v) is 12.1. The van der Waals surface area contributed by atoms with E-state index in [2.05, 4.69) is 227 Å². The van der Waals surface area contributed by atoms with Gasteiger partial charge in [0, 0.05) is 16.5 Å². The Morgan fingerprint density at radius 3 is 1.58 bits per heavy atom. The van der Waals surface area contributed by atoms with E-state index in [1.165, 1.54) is 33.0 Å². The predicted molar refractivity (Wildman–Crippen MR) is 244 cm³/mol. The molecular weight excluding hydrogens is 715 g/mol. The quantitative estimate of drug-likeness (QED) is 0.154. The highest BCUT2D eigenvalue weighted by molar-refractivity contribution is 6.10. The molecule has 0 aliphatic carbocycles. The molecule has 0 saturated heterocycles. The zero-order chi connectivity index (χ0) is 39.3. The first kappa shape index (κ1) is 34.3. The molecule has 0 unspecified atom stereocenters. The maximum Gasteiger partial charge on any atom is 0.211 e.